The number of nitrogens with zero attached hydrogens (tertiary/aromatic N) is 5. The number of methoxy groups -OCH3 is 1. The van der Waals surface area contributed by atoms with E-state index in [-0.39, 0.29) is 5.56 Å². The van der Waals surface area contributed by atoms with Crippen LogP contribution in [0.25, 0.3) is 6.08 Å². The average Bonchev–Trinajstić information content (AvgIpc) is 3.29. The summed E-state index contributed by atoms with van der Waals surface area (Å²) in [6.07, 6.45) is 5.32. The van der Waals surface area contributed by atoms with E-state index in [2.05, 4.69) is 10.1 Å². The van der Waals surface area contributed by atoms with Gasteiger partial charge in [0, 0.05) is 38.6 Å². The number of esters is 1. The molecule has 9 heteroatoms. The van der Waals surface area contributed by atoms with Gasteiger partial charge in [0.05, 0.1) is 35.2 Å². The molecule has 31 heavy (non-hydrogen) atoms. The van der Waals surface area contributed by atoms with Crippen molar-refractivity contribution < 1.29 is 9.53 Å². The van der Waals surface area contributed by atoms with E-state index in [1.165, 1.54) is 18.4 Å². The molecule has 0 spiro atoms. The van der Waals surface area contributed by atoms with Crippen molar-refractivity contribution in [1.82, 2.24) is 14.3 Å². The summed E-state index contributed by atoms with van der Waals surface area (Å²) in [7, 11) is 7.07. The summed E-state index contributed by atoms with van der Waals surface area (Å²) in [6, 6.07) is 7.17. The summed E-state index contributed by atoms with van der Waals surface area (Å²) in [5.41, 5.74) is 3.36. The molecular formula is C22H23N5O3S. The number of aromatic nitrogens is 3. The van der Waals surface area contributed by atoms with Gasteiger partial charge in [-0.05, 0) is 30.7 Å². The number of allylic oxidation sites excluding steroid dienone is 1. The van der Waals surface area contributed by atoms with E-state index in [1.807, 2.05) is 56.5 Å². The van der Waals surface area contributed by atoms with Crippen LogP contribution in [0, 0.1) is 0 Å². The fraction of sp³-hybridized carbons (Fsp3) is 0.273. The van der Waals surface area contributed by atoms with Crippen LogP contribution >= 0.6 is 11.3 Å². The zero-order valence-corrected chi connectivity index (χ0v) is 18.8. The van der Waals surface area contributed by atoms with Crippen molar-refractivity contribution in [2.45, 2.75) is 13.0 Å². The van der Waals surface area contributed by atoms with Crippen LogP contribution in [0.3, 0.4) is 0 Å². The average molecular weight is 438 g/mol. The third-order valence-corrected chi connectivity index (χ3v) is 6.16. The summed E-state index contributed by atoms with van der Waals surface area (Å²) in [4.78, 5) is 33.2. The Balaban J connectivity index is 1.95. The Morgan fingerprint density at radius 2 is 1.97 bits per heavy atom. The molecule has 1 aliphatic heterocycles. The van der Waals surface area contributed by atoms with Crippen LogP contribution in [-0.2, 0) is 16.6 Å². The first-order chi connectivity index (χ1) is 14.8. The van der Waals surface area contributed by atoms with E-state index >= 15 is 0 Å². The minimum Gasteiger partial charge on any atom is -0.466 e. The Hall–Kier alpha value is -3.46. The normalized spacial score (nSPS) is 16.2. The first-order valence-electron chi connectivity index (χ1n) is 9.67. The Morgan fingerprint density at radius 3 is 2.55 bits per heavy atom. The van der Waals surface area contributed by atoms with E-state index in [0.717, 1.165) is 16.8 Å². The molecule has 0 unspecified atom stereocenters. The maximum atomic E-state index is 13.4. The fourth-order valence-electron chi connectivity index (χ4n) is 3.63. The van der Waals surface area contributed by atoms with Crippen LogP contribution in [0.1, 0.15) is 24.1 Å². The molecule has 1 atom stereocenters. The van der Waals surface area contributed by atoms with Crippen molar-refractivity contribution in [3.63, 3.8) is 0 Å². The molecule has 0 aliphatic carbocycles. The summed E-state index contributed by atoms with van der Waals surface area (Å²) in [6.45, 7) is 1.77. The molecule has 0 fully saturated rings. The Labute approximate surface area is 183 Å². The maximum absolute atomic E-state index is 13.4. The number of ether oxygens (including phenoxy) is 1. The van der Waals surface area contributed by atoms with E-state index in [1.54, 1.807) is 28.4 Å². The van der Waals surface area contributed by atoms with Crippen molar-refractivity contribution in [3.8, 4) is 0 Å². The summed E-state index contributed by atoms with van der Waals surface area (Å²) in [5, 5.41) is 4.15. The molecule has 3 heterocycles. The highest BCUT2D eigenvalue weighted by atomic mass is 32.1. The number of benzene rings is 1. The lowest BCUT2D eigenvalue weighted by molar-refractivity contribution is -0.136. The van der Waals surface area contributed by atoms with Crippen molar-refractivity contribution in [2.24, 2.45) is 12.0 Å². The van der Waals surface area contributed by atoms with Gasteiger partial charge in [0.1, 0.15) is 0 Å². The van der Waals surface area contributed by atoms with Gasteiger partial charge in [0.15, 0.2) is 4.80 Å². The molecule has 0 amide bonds. The lowest BCUT2D eigenvalue weighted by Crippen LogP contribution is -2.39. The third kappa shape index (κ3) is 3.72. The van der Waals surface area contributed by atoms with Crippen LogP contribution in [0.2, 0.25) is 0 Å². The second kappa shape index (κ2) is 7.99. The number of thiazole rings is 1. The Morgan fingerprint density at radius 1 is 1.26 bits per heavy atom. The first kappa shape index (κ1) is 20.8. The highest BCUT2D eigenvalue weighted by Gasteiger charge is 2.33. The predicted octanol–water partition coefficient (Wildman–Crippen LogP) is 1.21. The number of anilines is 1. The fourth-order valence-corrected chi connectivity index (χ4v) is 4.68. The highest BCUT2D eigenvalue weighted by molar-refractivity contribution is 7.07. The van der Waals surface area contributed by atoms with E-state index in [0.29, 0.717) is 20.6 Å². The second-order valence-corrected chi connectivity index (χ2v) is 8.52. The van der Waals surface area contributed by atoms with Gasteiger partial charge in [-0.15, -0.1) is 0 Å². The molecule has 3 aromatic rings. The van der Waals surface area contributed by atoms with Gasteiger partial charge in [0.2, 0.25) is 0 Å². The highest BCUT2D eigenvalue weighted by Crippen LogP contribution is 2.31. The lowest BCUT2D eigenvalue weighted by Gasteiger charge is -2.25. The molecule has 2 aromatic heterocycles. The van der Waals surface area contributed by atoms with E-state index < -0.39 is 12.0 Å². The van der Waals surface area contributed by atoms with Gasteiger partial charge in [-0.3, -0.25) is 14.0 Å². The summed E-state index contributed by atoms with van der Waals surface area (Å²) in [5.74, 6) is -0.496. The smallest absolute Gasteiger partial charge is 0.338 e. The predicted molar refractivity (Wildman–Crippen MR) is 120 cm³/mol. The van der Waals surface area contributed by atoms with Gasteiger partial charge >= 0.3 is 5.97 Å². The number of hydrogen-bond acceptors (Lipinski definition) is 7. The SMILES string of the molecule is COC(=O)C1=C(C)N=c2s/c(=C/c3cnn(C)c3)c(=O)n2[C@H]1c1ccc(N(C)C)cc1. The number of rotatable bonds is 4. The summed E-state index contributed by atoms with van der Waals surface area (Å²) >= 11 is 1.29. The van der Waals surface area contributed by atoms with Crippen LogP contribution in [0.15, 0.2) is 57.7 Å². The van der Waals surface area contributed by atoms with Gasteiger partial charge in [-0.25, -0.2) is 9.79 Å². The van der Waals surface area contributed by atoms with Crippen LogP contribution in [-0.4, -0.2) is 41.5 Å². The molecule has 160 valence electrons. The maximum Gasteiger partial charge on any atom is 0.338 e. The number of aryl methyl sites for hydroxylation is 1. The molecular weight excluding hydrogens is 414 g/mol. The quantitative estimate of drug-likeness (QED) is 0.573. The molecule has 0 saturated heterocycles. The molecule has 4 rings (SSSR count). The van der Waals surface area contributed by atoms with Gasteiger partial charge in [-0.2, -0.15) is 5.10 Å². The standard InChI is InChI=1S/C22H23N5O3S/c1-13-18(21(29)30-5)19(15-6-8-16(9-7-15)25(2)3)27-20(28)17(31-22(27)24-13)10-14-11-23-26(4)12-14/h6-12,19H,1-5H3/b17-10+/t19-/m0/s1. The topological polar surface area (TPSA) is 81.7 Å². The molecule has 0 N–H and O–H groups in total. The van der Waals surface area contributed by atoms with Crippen LogP contribution < -0.4 is 19.8 Å². The zero-order chi connectivity index (χ0) is 22.3. The Kier molecular flexibility index (Phi) is 5.36. The molecule has 1 aliphatic rings. The molecule has 1 aromatic carbocycles. The summed E-state index contributed by atoms with van der Waals surface area (Å²) < 4.78 is 8.82. The minimum atomic E-state index is -0.615. The molecule has 0 radical (unpaired) electrons. The largest absolute Gasteiger partial charge is 0.466 e. The van der Waals surface area contributed by atoms with Gasteiger partial charge in [0.25, 0.3) is 5.56 Å². The number of carbonyl (C=O) groups is 1. The van der Waals surface area contributed by atoms with E-state index in [9.17, 15) is 9.59 Å². The first-order valence-corrected chi connectivity index (χ1v) is 10.5. The number of fused-ring (bicyclic) bond motifs is 1. The van der Waals surface area contributed by atoms with Crippen molar-refractivity contribution >= 4 is 29.1 Å². The van der Waals surface area contributed by atoms with Crippen molar-refractivity contribution in [3.05, 3.63) is 78.7 Å². The molecule has 0 bridgehead atoms. The van der Waals surface area contributed by atoms with Crippen LogP contribution in [0.5, 0.6) is 0 Å². The van der Waals surface area contributed by atoms with Crippen molar-refractivity contribution in [1.29, 1.82) is 0 Å². The van der Waals surface area contributed by atoms with Crippen LogP contribution in [0.4, 0.5) is 5.69 Å². The molecule has 8 nitrogen and oxygen atoms in total. The molecule has 0 saturated carbocycles. The Bertz CT molecular complexity index is 1360. The zero-order valence-electron chi connectivity index (χ0n) is 18.0. The third-order valence-electron chi connectivity index (χ3n) is 5.17. The monoisotopic (exact) mass is 437 g/mol. The minimum absolute atomic E-state index is 0.205. The lowest BCUT2D eigenvalue weighted by atomic mass is 9.95. The van der Waals surface area contributed by atoms with Gasteiger partial charge in [-0.1, -0.05) is 23.5 Å². The van der Waals surface area contributed by atoms with Crippen molar-refractivity contribution in [2.75, 3.05) is 26.1 Å². The second-order valence-electron chi connectivity index (χ2n) is 7.51. The number of carbonyl (C=O) groups excluding carboxylic acids is 1. The van der Waals surface area contributed by atoms with E-state index in [4.69, 9.17) is 4.74 Å². The number of hydrogen-bond donors (Lipinski definition) is 0. The van der Waals surface area contributed by atoms with Gasteiger partial charge < -0.3 is 9.64 Å².